The van der Waals surface area contributed by atoms with E-state index in [1.165, 1.54) is 18.2 Å². The fourth-order valence-corrected chi connectivity index (χ4v) is 4.29. The maximum atomic E-state index is 12.4. The molecule has 1 aliphatic rings. The largest absolute Gasteiger partial charge is 0.482 e. The lowest BCUT2D eigenvalue weighted by Crippen LogP contribution is -2.35. The topological polar surface area (TPSA) is 84.5 Å². The lowest BCUT2D eigenvalue weighted by molar-refractivity contribution is -0.123. The summed E-state index contributed by atoms with van der Waals surface area (Å²) in [7, 11) is -3.60. The first-order valence-electron chi connectivity index (χ1n) is 8.56. The number of rotatable bonds is 8. The number of halogens is 1. The standard InChI is InChI=1S/C17H25ClN2O4S/c1-3-12(2)19-17(21)11-24-16-9-8-14(10-15(16)18)25(22,23)20-13-6-4-5-7-13/h8-10,12-13,20H,3-7,11H2,1-2H3,(H,19,21)/t12-/m0/s1. The van der Waals surface area contributed by atoms with Gasteiger partial charge >= 0.3 is 0 Å². The monoisotopic (exact) mass is 388 g/mol. The summed E-state index contributed by atoms with van der Waals surface area (Å²) in [5, 5.41) is 2.94. The molecule has 1 saturated carbocycles. The number of carbonyl (C=O) groups excluding carboxylic acids is 1. The smallest absolute Gasteiger partial charge is 0.258 e. The van der Waals surface area contributed by atoms with E-state index < -0.39 is 10.0 Å². The Bertz CT molecular complexity index is 703. The van der Waals surface area contributed by atoms with Gasteiger partial charge in [0.15, 0.2) is 6.61 Å². The van der Waals surface area contributed by atoms with Crippen molar-refractivity contribution in [2.75, 3.05) is 6.61 Å². The zero-order valence-electron chi connectivity index (χ0n) is 14.5. The molecule has 1 aromatic rings. The fourth-order valence-electron chi connectivity index (χ4n) is 2.66. The van der Waals surface area contributed by atoms with Crippen LogP contribution in [0.4, 0.5) is 0 Å². The van der Waals surface area contributed by atoms with Gasteiger partial charge in [-0.15, -0.1) is 0 Å². The van der Waals surface area contributed by atoms with E-state index in [0.717, 1.165) is 32.1 Å². The average Bonchev–Trinajstić information content (AvgIpc) is 3.05. The number of benzene rings is 1. The molecule has 0 saturated heterocycles. The minimum Gasteiger partial charge on any atom is -0.482 e. The third-order valence-corrected chi connectivity index (χ3v) is 6.08. The highest BCUT2D eigenvalue weighted by atomic mass is 35.5. The number of hydrogen-bond acceptors (Lipinski definition) is 4. The summed E-state index contributed by atoms with van der Waals surface area (Å²) in [5.74, 6) is 0.0331. The molecular formula is C17H25ClN2O4S. The molecule has 0 spiro atoms. The molecule has 25 heavy (non-hydrogen) atoms. The first kappa shape index (κ1) is 20.0. The number of sulfonamides is 1. The van der Waals surface area contributed by atoms with Crippen molar-refractivity contribution in [1.82, 2.24) is 10.0 Å². The van der Waals surface area contributed by atoms with Gasteiger partial charge in [-0.3, -0.25) is 4.79 Å². The lowest BCUT2D eigenvalue weighted by atomic mass is 10.2. The van der Waals surface area contributed by atoms with Crippen molar-refractivity contribution in [2.24, 2.45) is 0 Å². The molecule has 0 unspecified atom stereocenters. The Morgan fingerprint density at radius 3 is 2.64 bits per heavy atom. The second kappa shape index (κ2) is 8.87. The van der Waals surface area contributed by atoms with Gasteiger partial charge in [0, 0.05) is 12.1 Å². The second-order valence-electron chi connectivity index (χ2n) is 6.36. The van der Waals surface area contributed by atoms with E-state index in [0.29, 0.717) is 0 Å². The minimum atomic E-state index is -3.60. The van der Waals surface area contributed by atoms with Crippen molar-refractivity contribution in [1.29, 1.82) is 0 Å². The third-order valence-electron chi connectivity index (χ3n) is 4.27. The summed E-state index contributed by atoms with van der Waals surface area (Å²) in [4.78, 5) is 11.8. The van der Waals surface area contributed by atoms with Crippen molar-refractivity contribution in [3.05, 3.63) is 23.2 Å². The highest BCUT2D eigenvalue weighted by molar-refractivity contribution is 7.89. The summed E-state index contributed by atoms with van der Waals surface area (Å²) >= 11 is 6.12. The van der Waals surface area contributed by atoms with Gasteiger partial charge in [-0.1, -0.05) is 31.4 Å². The van der Waals surface area contributed by atoms with Crippen LogP contribution >= 0.6 is 11.6 Å². The van der Waals surface area contributed by atoms with Gasteiger partial charge in [-0.2, -0.15) is 0 Å². The van der Waals surface area contributed by atoms with Crippen LogP contribution in [0.5, 0.6) is 5.75 Å². The molecule has 1 aliphatic carbocycles. The molecular weight excluding hydrogens is 364 g/mol. The van der Waals surface area contributed by atoms with Crippen LogP contribution in [0, 0.1) is 0 Å². The zero-order valence-corrected chi connectivity index (χ0v) is 16.1. The molecule has 1 fully saturated rings. The number of amides is 1. The number of hydrogen-bond donors (Lipinski definition) is 2. The van der Waals surface area contributed by atoms with Crippen LogP contribution in [0.2, 0.25) is 5.02 Å². The van der Waals surface area contributed by atoms with Crippen LogP contribution in [0.3, 0.4) is 0 Å². The molecule has 2 N–H and O–H groups in total. The number of nitrogens with one attached hydrogen (secondary N) is 2. The van der Waals surface area contributed by atoms with Crippen molar-refractivity contribution in [3.63, 3.8) is 0 Å². The first-order chi connectivity index (χ1) is 11.8. The molecule has 0 aliphatic heterocycles. The van der Waals surface area contributed by atoms with Gasteiger partial charge in [0.25, 0.3) is 5.91 Å². The maximum Gasteiger partial charge on any atom is 0.258 e. The third kappa shape index (κ3) is 5.87. The van der Waals surface area contributed by atoms with Gasteiger partial charge in [0.2, 0.25) is 10.0 Å². The van der Waals surface area contributed by atoms with E-state index in [1.54, 1.807) is 0 Å². The molecule has 2 rings (SSSR count). The van der Waals surface area contributed by atoms with Crippen LogP contribution < -0.4 is 14.8 Å². The van der Waals surface area contributed by atoms with E-state index in [9.17, 15) is 13.2 Å². The second-order valence-corrected chi connectivity index (χ2v) is 8.48. The molecule has 0 aromatic heterocycles. The Labute approximate surface area is 154 Å². The van der Waals surface area contributed by atoms with Crippen molar-refractivity contribution < 1.29 is 17.9 Å². The molecule has 8 heteroatoms. The SMILES string of the molecule is CC[C@H](C)NC(=O)COc1ccc(S(=O)(=O)NC2CCCC2)cc1Cl. The van der Waals surface area contributed by atoms with Crippen molar-refractivity contribution >= 4 is 27.5 Å². The molecule has 1 aromatic carbocycles. The van der Waals surface area contributed by atoms with Crippen LogP contribution in [0.15, 0.2) is 23.1 Å². The summed E-state index contributed by atoms with van der Waals surface area (Å²) in [6, 6.07) is 4.32. The van der Waals surface area contributed by atoms with Gasteiger partial charge in [0.05, 0.1) is 9.92 Å². The predicted octanol–water partition coefficient (Wildman–Crippen LogP) is 2.85. The van der Waals surface area contributed by atoms with E-state index in [2.05, 4.69) is 10.0 Å². The van der Waals surface area contributed by atoms with Gasteiger partial charge in [-0.25, -0.2) is 13.1 Å². The van der Waals surface area contributed by atoms with Crippen LogP contribution in [-0.4, -0.2) is 33.0 Å². The van der Waals surface area contributed by atoms with Crippen LogP contribution in [0.1, 0.15) is 46.0 Å². The molecule has 140 valence electrons. The molecule has 0 heterocycles. The minimum absolute atomic E-state index is 0.0102. The summed E-state index contributed by atoms with van der Waals surface area (Å²) in [5.41, 5.74) is 0. The summed E-state index contributed by atoms with van der Waals surface area (Å²) in [6.45, 7) is 3.71. The summed E-state index contributed by atoms with van der Waals surface area (Å²) < 4.78 is 32.9. The Hall–Kier alpha value is -1.31. The van der Waals surface area contributed by atoms with Crippen molar-refractivity contribution in [2.45, 2.75) is 62.9 Å². The fraction of sp³-hybridized carbons (Fsp3) is 0.588. The summed E-state index contributed by atoms with van der Waals surface area (Å²) in [6.07, 6.45) is 4.63. The number of ether oxygens (including phenoxy) is 1. The quantitative estimate of drug-likeness (QED) is 0.717. The molecule has 0 radical (unpaired) electrons. The molecule has 6 nitrogen and oxygen atoms in total. The number of carbonyl (C=O) groups is 1. The first-order valence-corrected chi connectivity index (χ1v) is 10.4. The van der Waals surface area contributed by atoms with E-state index in [1.807, 2.05) is 13.8 Å². The maximum absolute atomic E-state index is 12.4. The Balaban J connectivity index is 1.98. The Morgan fingerprint density at radius 1 is 1.36 bits per heavy atom. The van der Waals surface area contributed by atoms with Crippen LogP contribution in [-0.2, 0) is 14.8 Å². The highest BCUT2D eigenvalue weighted by Crippen LogP contribution is 2.28. The normalized spacial score (nSPS) is 16.6. The molecule has 1 amide bonds. The predicted molar refractivity (Wildman–Crippen MR) is 97.4 cm³/mol. The Morgan fingerprint density at radius 2 is 2.04 bits per heavy atom. The molecule has 1 atom stereocenters. The average molecular weight is 389 g/mol. The highest BCUT2D eigenvalue weighted by Gasteiger charge is 2.23. The van der Waals surface area contributed by atoms with Crippen molar-refractivity contribution in [3.8, 4) is 5.75 Å². The van der Waals surface area contributed by atoms with E-state index >= 15 is 0 Å². The molecule has 0 bridgehead atoms. The Kier molecular flexibility index (Phi) is 7.10. The van der Waals surface area contributed by atoms with E-state index in [-0.39, 0.29) is 40.3 Å². The van der Waals surface area contributed by atoms with Gasteiger partial charge in [-0.05, 0) is 44.4 Å². The lowest BCUT2D eigenvalue weighted by Gasteiger charge is -2.14. The van der Waals surface area contributed by atoms with Crippen LogP contribution in [0.25, 0.3) is 0 Å². The zero-order chi connectivity index (χ0) is 18.4. The van der Waals surface area contributed by atoms with E-state index in [4.69, 9.17) is 16.3 Å². The van der Waals surface area contributed by atoms with Gasteiger partial charge < -0.3 is 10.1 Å². The van der Waals surface area contributed by atoms with Gasteiger partial charge in [0.1, 0.15) is 5.75 Å².